The quantitative estimate of drug-likeness (QED) is 0.353. The Balaban J connectivity index is 1.69. The zero-order valence-electron chi connectivity index (χ0n) is 13.4. The van der Waals surface area contributed by atoms with Crippen molar-refractivity contribution in [2.75, 3.05) is 11.1 Å². The Morgan fingerprint density at radius 3 is 2.73 bits per heavy atom. The van der Waals surface area contributed by atoms with Gasteiger partial charge >= 0.3 is 0 Å². The molecule has 0 atom stereocenters. The van der Waals surface area contributed by atoms with Gasteiger partial charge in [0.25, 0.3) is 5.56 Å². The third kappa shape index (κ3) is 4.65. The van der Waals surface area contributed by atoms with Crippen molar-refractivity contribution in [3.63, 3.8) is 0 Å². The van der Waals surface area contributed by atoms with Gasteiger partial charge in [0.05, 0.1) is 17.1 Å². The molecule has 0 unspecified atom stereocenters. The van der Waals surface area contributed by atoms with E-state index < -0.39 is 0 Å². The Bertz CT molecular complexity index is 992. The van der Waals surface area contributed by atoms with E-state index in [1.165, 1.54) is 24.3 Å². The van der Waals surface area contributed by atoms with E-state index in [0.717, 1.165) is 17.3 Å². The molecule has 1 aromatic heterocycles. The minimum Gasteiger partial charge on any atom is -0.506 e. The van der Waals surface area contributed by atoms with E-state index in [1.807, 2.05) is 30.3 Å². The van der Waals surface area contributed by atoms with Gasteiger partial charge in [0.15, 0.2) is 5.16 Å². The molecule has 0 bridgehead atoms. The molecule has 0 fully saturated rings. The van der Waals surface area contributed by atoms with Crippen LogP contribution in [-0.4, -0.2) is 26.7 Å². The maximum absolute atomic E-state index is 12.1. The zero-order chi connectivity index (χ0) is 18.5. The molecule has 0 aliphatic heterocycles. The number of phenolic OH excluding ortho intramolecular Hbond substituents is 1. The van der Waals surface area contributed by atoms with Crippen LogP contribution in [-0.2, 0) is 4.79 Å². The molecule has 0 aliphatic carbocycles. The number of thioether (sulfide) groups is 1. The summed E-state index contributed by atoms with van der Waals surface area (Å²) in [5, 5.41) is 13.0. The molecule has 0 radical (unpaired) electrons. The fourth-order valence-corrected chi connectivity index (χ4v) is 3.04. The number of aromatic amines is 1. The first-order valence-electron chi connectivity index (χ1n) is 7.59. The van der Waals surface area contributed by atoms with E-state index in [4.69, 9.17) is 11.6 Å². The van der Waals surface area contributed by atoms with Gasteiger partial charge in [0.2, 0.25) is 5.91 Å². The number of amides is 1. The summed E-state index contributed by atoms with van der Waals surface area (Å²) in [6, 6.07) is 15.1. The van der Waals surface area contributed by atoms with E-state index in [9.17, 15) is 14.7 Å². The lowest BCUT2D eigenvalue weighted by Gasteiger charge is -2.08. The Morgan fingerprint density at radius 2 is 1.96 bits per heavy atom. The van der Waals surface area contributed by atoms with Gasteiger partial charge < -0.3 is 15.4 Å². The highest BCUT2D eigenvalue weighted by atomic mass is 35.5. The zero-order valence-corrected chi connectivity index (χ0v) is 15.0. The monoisotopic (exact) mass is 387 g/mol. The normalized spacial score (nSPS) is 10.5. The number of hydrogen-bond donors (Lipinski definition) is 3. The number of aromatic nitrogens is 2. The Morgan fingerprint density at radius 1 is 1.19 bits per heavy atom. The number of carbonyl (C=O) groups excluding carboxylic acids is 1. The highest BCUT2D eigenvalue weighted by Gasteiger charge is 2.10. The number of hydrogen-bond acceptors (Lipinski definition) is 5. The van der Waals surface area contributed by atoms with Crippen LogP contribution in [0.15, 0.2) is 64.5 Å². The summed E-state index contributed by atoms with van der Waals surface area (Å²) < 4.78 is 0. The second-order valence-electron chi connectivity index (χ2n) is 5.30. The number of rotatable bonds is 5. The van der Waals surface area contributed by atoms with Gasteiger partial charge in [-0.3, -0.25) is 9.59 Å². The average molecular weight is 388 g/mol. The largest absolute Gasteiger partial charge is 0.506 e. The van der Waals surface area contributed by atoms with Crippen molar-refractivity contribution in [1.82, 2.24) is 9.97 Å². The van der Waals surface area contributed by atoms with Crippen LogP contribution in [0.2, 0.25) is 5.02 Å². The van der Waals surface area contributed by atoms with Gasteiger partial charge in [-0.2, -0.15) is 0 Å². The first kappa shape index (κ1) is 18.0. The van der Waals surface area contributed by atoms with Crippen molar-refractivity contribution >= 4 is 35.0 Å². The second-order valence-corrected chi connectivity index (χ2v) is 6.70. The number of carbonyl (C=O) groups is 1. The van der Waals surface area contributed by atoms with Crippen molar-refractivity contribution < 1.29 is 9.90 Å². The minimum atomic E-state index is -0.361. The van der Waals surface area contributed by atoms with E-state index >= 15 is 0 Å². The lowest BCUT2D eigenvalue weighted by Crippen LogP contribution is -2.15. The van der Waals surface area contributed by atoms with Crippen LogP contribution in [0.3, 0.4) is 0 Å². The van der Waals surface area contributed by atoms with Crippen LogP contribution in [0.5, 0.6) is 5.75 Å². The first-order chi connectivity index (χ1) is 12.5. The average Bonchev–Trinajstić information content (AvgIpc) is 2.63. The second kappa shape index (κ2) is 8.07. The maximum Gasteiger partial charge on any atom is 0.252 e. The van der Waals surface area contributed by atoms with Gasteiger partial charge in [0.1, 0.15) is 5.75 Å². The van der Waals surface area contributed by atoms with E-state index in [-0.39, 0.29) is 28.7 Å². The first-order valence-corrected chi connectivity index (χ1v) is 8.95. The molecular formula is C18H14ClN3O3S. The van der Waals surface area contributed by atoms with Crippen molar-refractivity contribution in [1.29, 1.82) is 0 Å². The summed E-state index contributed by atoms with van der Waals surface area (Å²) >= 11 is 6.94. The molecule has 3 N–H and O–H groups in total. The molecule has 3 rings (SSSR count). The molecule has 8 heteroatoms. The van der Waals surface area contributed by atoms with Crippen molar-refractivity contribution in [2.24, 2.45) is 0 Å². The molecule has 0 saturated carbocycles. The fourth-order valence-electron chi connectivity index (χ4n) is 2.19. The van der Waals surface area contributed by atoms with Gasteiger partial charge in [-0.05, 0) is 18.2 Å². The van der Waals surface area contributed by atoms with Gasteiger partial charge in [-0.1, -0.05) is 53.7 Å². The summed E-state index contributed by atoms with van der Waals surface area (Å²) in [6.07, 6.45) is 0. The fraction of sp³-hybridized carbons (Fsp3) is 0.0556. The molecule has 0 saturated heterocycles. The number of benzene rings is 2. The SMILES string of the molecule is O=C(CSc1nc(-c2ccccc2)cc(=O)[nH]1)Nc1cc(Cl)ccc1O. The summed E-state index contributed by atoms with van der Waals surface area (Å²) in [7, 11) is 0. The van der Waals surface area contributed by atoms with Crippen LogP contribution in [0, 0.1) is 0 Å². The van der Waals surface area contributed by atoms with E-state index in [2.05, 4.69) is 15.3 Å². The van der Waals surface area contributed by atoms with Crippen LogP contribution in [0.4, 0.5) is 5.69 Å². The summed E-state index contributed by atoms with van der Waals surface area (Å²) in [4.78, 5) is 30.9. The van der Waals surface area contributed by atoms with Gasteiger partial charge in [-0.25, -0.2) is 4.98 Å². The predicted octanol–water partition coefficient (Wildman–Crippen LogP) is 3.53. The molecule has 3 aromatic rings. The molecule has 0 spiro atoms. The Kier molecular flexibility index (Phi) is 5.60. The standard InChI is InChI=1S/C18H14ClN3O3S/c19-12-6-7-15(23)14(8-12)20-17(25)10-26-18-21-13(9-16(24)22-18)11-4-2-1-3-5-11/h1-9,23H,10H2,(H,20,25)(H,21,22,24). The minimum absolute atomic E-state index is 0.00708. The van der Waals surface area contributed by atoms with Crippen LogP contribution < -0.4 is 10.9 Å². The molecule has 1 amide bonds. The van der Waals surface area contributed by atoms with Crippen LogP contribution >= 0.6 is 23.4 Å². The molecule has 26 heavy (non-hydrogen) atoms. The summed E-state index contributed by atoms with van der Waals surface area (Å²) in [5.74, 6) is -0.432. The Hall–Kier alpha value is -2.77. The third-order valence-corrected chi connectivity index (χ3v) is 4.47. The lowest BCUT2D eigenvalue weighted by atomic mass is 10.1. The number of nitrogens with one attached hydrogen (secondary N) is 2. The maximum atomic E-state index is 12.1. The van der Waals surface area contributed by atoms with Gasteiger partial charge in [0, 0.05) is 16.7 Å². The summed E-state index contributed by atoms with van der Waals surface area (Å²) in [5.41, 5.74) is 1.27. The van der Waals surface area contributed by atoms with E-state index in [0.29, 0.717) is 15.9 Å². The van der Waals surface area contributed by atoms with Crippen molar-refractivity contribution in [2.45, 2.75) is 5.16 Å². The highest BCUT2D eigenvalue weighted by molar-refractivity contribution is 7.99. The topological polar surface area (TPSA) is 95.1 Å². The van der Waals surface area contributed by atoms with Crippen molar-refractivity contribution in [3.8, 4) is 17.0 Å². The smallest absolute Gasteiger partial charge is 0.252 e. The van der Waals surface area contributed by atoms with Crippen LogP contribution in [0.25, 0.3) is 11.3 Å². The number of phenols is 1. The third-order valence-electron chi connectivity index (χ3n) is 3.36. The molecule has 1 heterocycles. The Labute approximate surface area is 158 Å². The van der Waals surface area contributed by atoms with Crippen molar-refractivity contribution in [3.05, 3.63) is 70.0 Å². The molecule has 6 nitrogen and oxygen atoms in total. The van der Waals surface area contributed by atoms with Gasteiger partial charge in [-0.15, -0.1) is 0 Å². The number of aromatic hydroxyl groups is 1. The highest BCUT2D eigenvalue weighted by Crippen LogP contribution is 2.27. The van der Waals surface area contributed by atoms with E-state index in [1.54, 1.807) is 0 Å². The number of H-pyrrole nitrogens is 1. The number of anilines is 1. The predicted molar refractivity (Wildman–Crippen MR) is 103 cm³/mol. The molecule has 2 aromatic carbocycles. The van der Waals surface area contributed by atoms with Crippen LogP contribution in [0.1, 0.15) is 0 Å². The molecule has 132 valence electrons. The number of nitrogens with zero attached hydrogens (tertiary/aromatic N) is 1. The number of halogens is 1. The molecule has 0 aliphatic rings. The lowest BCUT2D eigenvalue weighted by molar-refractivity contribution is -0.113. The summed E-state index contributed by atoms with van der Waals surface area (Å²) in [6.45, 7) is 0. The molecular weight excluding hydrogens is 374 g/mol.